The third-order valence-electron chi connectivity index (χ3n) is 1.97. The van der Waals surface area contributed by atoms with Gasteiger partial charge >= 0.3 is 5.69 Å². The summed E-state index contributed by atoms with van der Waals surface area (Å²) in [6.07, 6.45) is 0. The summed E-state index contributed by atoms with van der Waals surface area (Å²) in [7, 11) is 0. The molecule has 0 spiro atoms. The Labute approximate surface area is 95.1 Å². The number of aromatic amines is 2. The number of benzene rings is 1. The Morgan fingerprint density at radius 3 is 2.94 bits per heavy atom. The van der Waals surface area contributed by atoms with E-state index in [1.54, 1.807) is 18.2 Å². The first-order chi connectivity index (χ1) is 8.19. The van der Waals surface area contributed by atoms with Gasteiger partial charge in [0.1, 0.15) is 0 Å². The Morgan fingerprint density at radius 2 is 2.29 bits per heavy atom. The lowest BCUT2D eigenvalue weighted by atomic mass is 10.2. The molecule has 3 N–H and O–H groups in total. The van der Waals surface area contributed by atoms with Crippen molar-refractivity contribution in [2.45, 2.75) is 0 Å². The molecule has 84 valence electrons. The van der Waals surface area contributed by atoms with E-state index in [0.29, 0.717) is 11.3 Å². The lowest BCUT2D eigenvalue weighted by Gasteiger charge is -2.02. The summed E-state index contributed by atoms with van der Waals surface area (Å²) in [6.45, 7) is 0. The number of aromatic nitrogens is 3. The number of H-pyrrole nitrogens is 2. The van der Waals surface area contributed by atoms with Crippen LogP contribution in [0.1, 0.15) is 16.2 Å². The molecule has 0 aliphatic rings. The zero-order valence-electron chi connectivity index (χ0n) is 8.52. The van der Waals surface area contributed by atoms with Crippen molar-refractivity contribution in [1.29, 1.82) is 5.26 Å². The van der Waals surface area contributed by atoms with Crippen LogP contribution in [-0.4, -0.2) is 21.1 Å². The van der Waals surface area contributed by atoms with E-state index in [-0.39, 0.29) is 5.82 Å². The molecule has 0 saturated carbocycles. The minimum Gasteiger partial charge on any atom is -0.319 e. The van der Waals surface area contributed by atoms with Crippen LogP contribution in [-0.2, 0) is 0 Å². The largest absolute Gasteiger partial charge is 0.341 e. The first kappa shape index (κ1) is 10.6. The summed E-state index contributed by atoms with van der Waals surface area (Å²) in [5, 5.41) is 16.8. The van der Waals surface area contributed by atoms with Gasteiger partial charge in [-0.25, -0.2) is 9.89 Å². The number of rotatable bonds is 2. The van der Waals surface area contributed by atoms with E-state index in [4.69, 9.17) is 5.26 Å². The zero-order chi connectivity index (χ0) is 12.3. The summed E-state index contributed by atoms with van der Waals surface area (Å²) in [5.41, 5.74) is 0.331. The van der Waals surface area contributed by atoms with Crippen molar-refractivity contribution in [1.82, 2.24) is 15.2 Å². The maximum Gasteiger partial charge on any atom is 0.341 e. The van der Waals surface area contributed by atoms with Gasteiger partial charge in [-0.05, 0) is 18.2 Å². The molecule has 0 radical (unpaired) electrons. The molecule has 2 aromatic rings. The molecule has 0 unspecified atom stereocenters. The van der Waals surface area contributed by atoms with E-state index in [0.717, 1.165) is 0 Å². The van der Waals surface area contributed by atoms with Crippen LogP contribution < -0.4 is 11.0 Å². The monoisotopic (exact) mass is 229 g/mol. The van der Waals surface area contributed by atoms with Crippen molar-refractivity contribution in [3.05, 3.63) is 46.1 Å². The smallest absolute Gasteiger partial charge is 0.319 e. The Morgan fingerprint density at radius 1 is 1.47 bits per heavy atom. The average molecular weight is 229 g/mol. The van der Waals surface area contributed by atoms with Gasteiger partial charge < -0.3 is 5.32 Å². The van der Waals surface area contributed by atoms with E-state index >= 15 is 0 Å². The van der Waals surface area contributed by atoms with Crippen molar-refractivity contribution in [2.24, 2.45) is 0 Å². The SMILES string of the molecule is N#Cc1cccc(NC(=O)c2n[nH]c(=O)[nH]2)c1. The second-order valence-corrected chi connectivity index (χ2v) is 3.17. The van der Waals surface area contributed by atoms with Crippen molar-refractivity contribution in [2.75, 3.05) is 5.32 Å². The molecule has 7 heteroatoms. The molecule has 1 aromatic carbocycles. The minimum atomic E-state index is -0.557. The standard InChI is InChI=1S/C10H7N5O2/c11-5-6-2-1-3-7(4-6)12-9(16)8-13-10(17)15-14-8/h1-4H,(H,12,16)(H2,13,14,15,17). The number of carbonyl (C=O) groups excluding carboxylic acids is 1. The second-order valence-electron chi connectivity index (χ2n) is 3.17. The maximum absolute atomic E-state index is 11.6. The van der Waals surface area contributed by atoms with Crippen molar-refractivity contribution in [3.63, 3.8) is 0 Å². The molecule has 2 rings (SSSR count). The van der Waals surface area contributed by atoms with Crippen molar-refractivity contribution < 1.29 is 4.79 Å². The van der Waals surface area contributed by atoms with Gasteiger partial charge in [-0.1, -0.05) is 6.07 Å². The quantitative estimate of drug-likeness (QED) is 0.683. The maximum atomic E-state index is 11.6. The topological polar surface area (TPSA) is 114 Å². The Kier molecular flexibility index (Phi) is 2.70. The molecule has 1 heterocycles. The van der Waals surface area contributed by atoms with E-state index in [1.807, 2.05) is 6.07 Å². The molecule has 0 aliphatic heterocycles. The Balaban J connectivity index is 2.19. The fraction of sp³-hybridized carbons (Fsp3) is 0. The minimum absolute atomic E-state index is 0.114. The van der Waals surface area contributed by atoms with Gasteiger partial charge in [0.2, 0.25) is 5.82 Å². The number of nitriles is 1. The van der Waals surface area contributed by atoms with Crippen LogP contribution >= 0.6 is 0 Å². The summed E-state index contributed by atoms with van der Waals surface area (Å²) in [4.78, 5) is 24.6. The van der Waals surface area contributed by atoms with Gasteiger partial charge in [0.05, 0.1) is 11.6 Å². The van der Waals surface area contributed by atoms with E-state index in [9.17, 15) is 9.59 Å². The van der Waals surface area contributed by atoms with Gasteiger partial charge in [-0.2, -0.15) is 5.26 Å². The van der Waals surface area contributed by atoms with Crippen LogP contribution in [0.15, 0.2) is 29.1 Å². The van der Waals surface area contributed by atoms with Crippen LogP contribution in [0.25, 0.3) is 0 Å². The predicted octanol–water partition coefficient (Wildman–Crippen LogP) is 0.222. The van der Waals surface area contributed by atoms with Crippen molar-refractivity contribution in [3.8, 4) is 6.07 Å². The van der Waals surface area contributed by atoms with Crippen LogP contribution in [0.4, 0.5) is 5.69 Å². The molecule has 0 aliphatic carbocycles. The average Bonchev–Trinajstić information content (AvgIpc) is 2.76. The Hall–Kier alpha value is -2.88. The Bertz CT molecular complexity index is 649. The fourth-order valence-corrected chi connectivity index (χ4v) is 1.23. The number of carbonyl (C=O) groups is 1. The highest BCUT2D eigenvalue weighted by atomic mass is 16.2. The van der Waals surface area contributed by atoms with Crippen molar-refractivity contribution >= 4 is 11.6 Å². The molecule has 0 fully saturated rings. The molecule has 1 amide bonds. The van der Waals surface area contributed by atoms with Crippen LogP contribution in [0, 0.1) is 11.3 Å². The molecule has 7 nitrogen and oxygen atoms in total. The van der Waals surface area contributed by atoms with E-state index in [1.165, 1.54) is 6.07 Å². The number of hydrogen-bond donors (Lipinski definition) is 3. The van der Waals surface area contributed by atoms with Gasteiger partial charge in [0.25, 0.3) is 5.91 Å². The normalized spacial score (nSPS) is 9.59. The first-order valence-corrected chi connectivity index (χ1v) is 4.65. The number of hydrogen-bond acceptors (Lipinski definition) is 4. The third-order valence-corrected chi connectivity index (χ3v) is 1.97. The van der Waals surface area contributed by atoms with Gasteiger partial charge in [0.15, 0.2) is 0 Å². The fourth-order valence-electron chi connectivity index (χ4n) is 1.23. The predicted molar refractivity (Wildman–Crippen MR) is 58.3 cm³/mol. The molecule has 1 aromatic heterocycles. The summed E-state index contributed by atoms with van der Waals surface area (Å²) >= 11 is 0. The van der Waals surface area contributed by atoms with Gasteiger partial charge in [0, 0.05) is 5.69 Å². The molecule has 0 saturated heterocycles. The molecular formula is C10H7N5O2. The summed E-state index contributed by atoms with van der Waals surface area (Å²) in [6, 6.07) is 8.36. The summed E-state index contributed by atoms with van der Waals surface area (Å²) < 4.78 is 0. The molecule has 0 bridgehead atoms. The highest BCUT2D eigenvalue weighted by Gasteiger charge is 2.10. The summed E-state index contributed by atoms with van der Waals surface area (Å²) in [5.74, 6) is -0.671. The van der Waals surface area contributed by atoms with Crippen LogP contribution in [0.2, 0.25) is 0 Å². The highest BCUT2D eigenvalue weighted by molar-refractivity contribution is 6.01. The lowest BCUT2D eigenvalue weighted by Crippen LogP contribution is -2.14. The zero-order valence-corrected chi connectivity index (χ0v) is 8.52. The third kappa shape index (κ3) is 2.38. The lowest BCUT2D eigenvalue weighted by molar-refractivity contribution is 0.101. The number of nitrogens with one attached hydrogen (secondary N) is 3. The number of nitrogens with zero attached hydrogens (tertiary/aromatic N) is 2. The highest BCUT2D eigenvalue weighted by Crippen LogP contribution is 2.10. The second kappa shape index (κ2) is 4.32. The molecule has 0 atom stereocenters. The number of amides is 1. The van der Waals surface area contributed by atoms with Crippen LogP contribution in [0.5, 0.6) is 0 Å². The van der Waals surface area contributed by atoms with Gasteiger partial charge in [-0.3, -0.25) is 9.78 Å². The first-order valence-electron chi connectivity index (χ1n) is 4.65. The van der Waals surface area contributed by atoms with Crippen LogP contribution in [0.3, 0.4) is 0 Å². The van der Waals surface area contributed by atoms with E-state index in [2.05, 4.69) is 20.5 Å². The number of anilines is 1. The van der Waals surface area contributed by atoms with Gasteiger partial charge in [-0.15, -0.1) is 5.10 Å². The molecular weight excluding hydrogens is 222 g/mol. The van der Waals surface area contributed by atoms with E-state index < -0.39 is 11.6 Å². The molecule has 17 heavy (non-hydrogen) atoms.